The van der Waals surface area contributed by atoms with Gasteiger partial charge in [0, 0.05) is 18.8 Å². The third-order valence-electron chi connectivity index (χ3n) is 14.9. The molecule has 3 unspecified atom stereocenters. The molecule has 1 fully saturated rings. The predicted octanol–water partition coefficient (Wildman–Crippen LogP) is 15.6. The zero-order valence-electron chi connectivity index (χ0n) is 52.5. The van der Waals surface area contributed by atoms with Crippen LogP contribution in [0.15, 0.2) is 21.9 Å². The maximum Gasteiger partial charge on any atom is 0.333 e. The Morgan fingerprint density at radius 3 is 1.15 bits per heavy atom. The van der Waals surface area contributed by atoms with Gasteiger partial charge in [0.1, 0.15) is 56.4 Å². The molecule has 0 saturated carbocycles. The minimum absolute atomic E-state index is 0.226. The number of esters is 3. The number of aromatic nitrogens is 2. The van der Waals surface area contributed by atoms with Crippen LogP contribution in [-0.2, 0) is 49.3 Å². The van der Waals surface area contributed by atoms with E-state index in [9.17, 15) is 24.0 Å². The van der Waals surface area contributed by atoms with Gasteiger partial charge in [0.25, 0.3) is 5.56 Å². The van der Waals surface area contributed by atoms with Crippen LogP contribution in [0.2, 0.25) is 0 Å². The van der Waals surface area contributed by atoms with Crippen LogP contribution in [0.25, 0.3) is 0 Å². The van der Waals surface area contributed by atoms with E-state index in [1.54, 1.807) is 0 Å². The van der Waals surface area contributed by atoms with E-state index in [2.05, 4.69) is 55.4 Å². The number of hydrogen-bond acceptors (Lipinski definition) is 12. The number of carbonyl (C=O) groups is 3. The predicted molar refractivity (Wildman–Crippen MR) is 323 cm³/mol. The van der Waals surface area contributed by atoms with E-state index >= 15 is 0 Å². The van der Waals surface area contributed by atoms with Gasteiger partial charge in [-0.1, -0.05) is 216 Å². The Balaban J connectivity index is 0.0000101. The van der Waals surface area contributed by atoms with Crippen LogP contribution >= 0.6 is 0 Å². The Morgan fingerprint density at radius 1 is 0.481 bits per heavy atom. The quantitative estimate of drug-likeness (QED) is 0.0346. The fourth-order valence-corrected chi connectivity index (χ4v) is 10.4. The first-order valence-corrected chi connectivity index (χ1v) is 32.8. The number of hydrogen-bond donors (Lipinski definition) is 0. The highest BCUT2D eigenvalue weighted by Crippen LogP contribution is 2.34. The van der Waals surface area contributed by atoms with Crippen LogP contribution in [0, 0.1) is 0 Å². The van der Waals surface area contributed by atoms with Crippen molar-refractivity contribution in [3.8, 4) is 0 Å². The van der Waals surface area contributed by atoms with E-state index in [1.165, 1.54) is 87.5 Å². The SMILES string of the molecule is CCC.CCCCCCCCC(CCCCCC)OC(=O)CO[C@@H]1[C@H](OCC(=O)OC(CCCCCC)CCCCCCCC)[C@@H](CN(C)C)O[C@H]1n1ccc(=O)n(CC(=O)OC(CCCCCC)CCCCCCCC)c1=O. The Morgan fingerprint density at radius 2 is 0.797 bits per heavy atom. The molecular formula is C65H121N3O11. The maximum atomic E-state index is 14.6. The fraction of sp³-hybridized carbons (Fsp3) is 0.892. The monoisotopic (exact) mass is 1120 g/mol. The lowest BCUT2D eigenvalue weighted by Gasteiger charge is -2.27. The Kier molecular flexibility index (Phi) is 46.4. The summed E-state index contributed by atoms with van der Waals surface area (Å²) in [6.07, 6.45) is 35.5. The number of unbranched alkanes of at least 4 members (excludes halogenated alkanes) is 24. The molecule has 0 aromatic carbocycles. The molecule has 1 aliphatic heterocycles. The summed E-state index contributed by atoms with van der Waals surface area (Å²) >= 11 is 0. The van der Waals surface area contributed by atoms with Crippen LogP contribution in [-0.4, -0.2) is 102 Å². The lowest BCUT2D eigenvalue weighted by molar-refractivity contribution is -0.168. The highest BCUT2D eigenvalue weighted by molar-refractivity contribution is 5.71. The van der Waals surface area contributed by atoms with Gasteiger partial charge in [-0.2, -0.15) is 0 Å². The van der Waals surface area contributed by atoms with E-state index in [-0.39, 0.29) is 18.3 Å². The summed E-state index contributed by atoms with van der Waals surface area (Å²) in [5.74, 6) is -1.69. The number of ether oxygens (including phenoxy) is 6. The molecule has 1 aliphatic rings. The Labute approximate surface area is 482 Å². The van der Waals surface area contributed by atoms with Gasteiger partial charge in [-0.3, -0.25) is 14.2 Å². The molecule has 1 aromatic rings. The highest BCUT2D eigenvalue weighted by atomic mass is 16.6. The van der Waals surface area contributed by atoms with E-state index in [0.29, 0.717) is 6.54 Å². The second-order valence-electron chi connectivity index (χ2n) is 23.1. The molecule has 0 bridgehead atoms. The molecule has 7 atom stereocenters. The van der Waals surface area contributed by atoms with Gasteiger partial charge >= 0.3 is 23.6 Å². The normalized spacial score (nSPS) is 17.3. The number of rotatable bonds is 50. The molecule has 0 radical (unpaired) electrons. The summed E-state index contributed by atoms with van der Waals surface area (Å²) in [4.78, 5) is 71.4. The Hall–Kier alpha value is -3.07. The molecule has 14 heteroatoms. The zero-order valence-corrected chi connectivity index (χ0v) is 52.5. The third-order valence-corrected chi connectivity index (χ3v) is 14.9. The average molecular weight is 1120 g/mol. The van der Waals surface area contributed by atoms with Crippen molar-refractivity contribution < 1.29 is 42.8 Å². The molecule has 79 heavy (non-hydrogen) atoms. The largest absolute Gasteiger partial charge is 0.461 e. The van der Waals surface area contributed by atoms with Crippen molar-refractivity contribution in [3.05, 3.63) is 33.1 Å². The molecule has 0 N–H and O–H groups in total. The smallest absolute Gasteiger partial charge is 0.333 e. The van der Waals surface area contributed by atoms with E-state index in [1.807, 2.05) is 19.0 Å². The number of carbonyl (C=O) groups excluding carboxylic acids is 3. The zero-order chi connectivity index (χ0) is 58.3. The Bertz CT molecular complexity index is 1750. The minimum atomic E-state index is -1.21. The maximum absolute atomic E-state index is 14.6. The van der Waals surface area contributed by atoms with Crippen molar-refractivity contribution in [2.45, 2.75) is 342 Å². The first-order valence-electron chi connectivity index (χ1n) is 32.8. The van der Waals surface area contributed by atoms with Crippen molar-refractivity contribution in [2.24, 2.45) is 0 Å². The van der Waals surface area contributed by atoms with Gasteiger partial charge in [-0.15, -0.1) is 0 Å². The van der Waals surface area contributed by atoms with Gasteiger partial charge < -0.3 is 33.3 Å². The van der Waals surface area contributed by atoms with Crippen molar-refractivity contribution in [3.63, 3.8) is 0 Å². The van der Waals surface area contributed by atoms with Crippen LogP contribution in [0.4, 0.5) is 0 Å². The molecular weight excluding hydrogens is 999 g/mol. The minimum Gasteiger partial charge on any atom is -0.461 e. The molecule has 0 spiro atoms. The second kappa shape index (κ2) is 49.5. The topological polar surface area (TPSA) is 154 Å². The molecule has 0 amide bonds. The second-order valence-corrected chi connectivity index (χ2v) is 23.1. The van der Waals surface area contributed by atoms with Crippen LogP contribution < -0.4 is 11.2 Å². The summed E-state index contributed by atoms with van der Waals surface area (Å²) in [6, 6.07) is 1.23. The summed E-state index contributed by atoms with van der Waals surface area (Å²) < 4.78 is 40.1. The van der Waals surface area contributed by atoms with Crippen molar-refractivity contribution in [2.75, 3.05) is 33.9 Å². The molecule has 1 aromatic heterocycles. The first-order chi connectivity index (χ1) is 38.3. The molecule has 2 heterocycles. The summed E-state index contributed by atoms with van der Waals surface area (Å²) in [5, 5.41) is 0. The van der Waals surface area contributed by atoms with Crippen molar-refractivity contribution >= 4 is 17.9 Å². The lowest BCUT2D eigenvalue weighted by Crippen LogP contribution is -2.46. The van der Waals surface area contributed by atoms with E-state index in [4.69, 9.17) is 28.4 Å². The number of likely N-dealkylation sites (N-methyl/N-ethyl adjacent to an activating group) is 1. The standard InChI is InChI=1S/C62H113N3O11.C3H8/c1-9-15-21-27-30-36-42-51(39-33-24-18-12-4)73-56(67)48-65-55(66)45-46-64(62(65)70)61-60(72-50-58(69)75-53(41-35-26-20-14-6)44-38-32-29-23-17-11-3)59(54(76-61)47-63(7)8)71-49-57(68)74-52(40-34-25-19-13-5)43-37-31-28-22-16-10-2;1-3-2/h45-46,51-54,59-61H,9-44,47-50H2,1-8H3;3H2,1-2H3/t51?,52?,53?,54-,59-,60-,61-;/m1./s1. The molecule has 14 nitrogen and oxygen atoms in total. The number of nitrogens with zero attached hydrogens (tertiary/aromatic N) is 3. The molecule has 2 rings (SSSR count). The summed E-state index contributed by atoms with van der Waals surface area (Å²) in [5.41, 5.74) is -1.45. The lowest BCUT2D eigenvalue weighted by atomic mass is 10.0. The van der Waals surface area contributed by atoms with E-state index in [0.717, 1.165) is 172 Å². The third kappa shape index (κ3) is 35.5. The van der Waals surface area contributed by atoms with Crippen LogP contribution in [0.5, 0.6) is 0 Å². The molecule has 1 saturated heterocycles. The summed E-state index contributed by atoms with van der Waals surface area (Å²) in [6.45, 7) is 16.3. The summed E-state index contributed by atoms with van der Waals surface area (Å²) in [7, 11) is 3.76. The van der Waals surface area contributed by atoms with Crippen molar-refractivity contribution in [1.29, 1.82) is 0 Å². The van der Waals surface area contributed by atoms with E-state index < -0.39 is 73.5 Å². The van der Waals surface area contributed by atoms with Crippen LogP contribution in [0.3, 0.4) is 0 Å². The van der Waals surface area contributed by atoms with Crippen LogP contribution in [0.1, 0.15) is 299 Å². The first kappa shape index (κ1) is 73.9. The molecule has 462 valence electrons. The van der Waals surface area contributed by atoms with Gasteiger partial charge in [-0.25, -0.2) is 19.0 Å². The van der Waals surface area contributed by atoms with Gasteiger partial charge in [-0.05, 0) is 91.1 Å². The fourth-order valence-electron chi connectivity index (χ4n) is 10.4. The average Bonchev–Trinajstić information content (AvgIpc) is 3.83. The van der Waals surface area contributed by atoms with Gasteiger partial charge in [0.15, 0.2) is 6.23 Å². The van der Waals surface area contributed by atoms with Gasteiger partial charge in [0.05, 0.1) is 0 Å². The van der Waals surface area contributed by atoms with Crippen molar-refractivity contribution in [1.82, 2.24) is 14.0 Å². The molecule has 0 aliphatic carbocycles. The highest BCUT2D eigenvalue weighted by Gasteiger charge is 2.49. The van der Waals surface area contributed by atoms with Gasteiger partial charge in [0.2, 0.25) is 0 Å².